The van der Waals surface area contributed by atoms with Crippen molar-refractivity contribution >= 4 is 22.9 Å². The van der Waals surface area contributed by atoms with Crippen molar-refractivity contribution in [2.24, 2.45) is 0 Å². The Labute approximate surface area is 192 Å². The van der Waals surface area contributed by atoms with Crippen molar-refractivity contribution in [3.63, 3.8) is 0 Å². The predicted molar refractivity (Wildman–Crippen MR) is 124 cm³/mol. The number of benzene rings is 1. The number of ether oxygens (including phenoxy) is 1. The first-order valence-corrected chi connectivity index (χ1v) is 11.3. The van der Waals surface area contributed by atoms with Crippen LogP contribution in [0.15, 0.2) is 36.8 Å². The highest BCUT2D eigenvalue weighted by Crippen LogP contribution is 2.42. The second-order valence-corrected chi connectivity index (χ2v) is 9.60. The van der Waals surface area contributed by atoms with Crippen LogP contribution in [0.25, 0.3) is 5.65 Å². The molecule has 3 aromatic rings. The van der Waals surface area contributed by atoms with Crippen molar-refractivity contribution in [2.75, 3.05) is 29.9 Å². The average molecular weight is 452 g/mol. The number of aliphatic hydroxyl groups excluding tert-OH is 1. The van der Waals surface area contributed by atoms with Crippen molar-refractivity contribution in [3.05, 3.63) is 47.9 Å². The number of hydrogen-bond donors (Lipinski definition) is 3. The molecule has 2 aliphatic rings. The lowest BCUT2D eigenvalue weighted by molar-refractivity contribution is 0.0447. The van der Waals surface area contributed by atoms with Gasteiger partial charge in [0, 0.05) is 43.5 Å². The van der Waals surface area contributed by atoms with Gasteiger partial charge in [0.2, 0.25) is 0 Å². The number of anilines is 2. The van der Waals surface area contributed by atoms with E-state index in [1.807, 2.05) is 26.0 Å². The Morgan fingerprint density at radius 1 is 1.27 bits per heavy atom. The summed E-state index contributed by atoms with van der Waals surface area (Å²) in [6.45, 7) is 5.06. The van der Waals surface area contributed by atoms with E-state index in [1.165, 1.54) is 6.20 Å². The molecule has 0 radical (unpaired) electrons. The number of fused-ring (bicyclic) bond motifs is 2. The number of hydrogen-bond acceptors (Lipinski definition) is 7. The fraction of sp³-hybridized carbons (Fsp3) is 0.458. The Balaban J connectivity index is 1.51. The van der Waals surface area contributed by atoms with E-state index < -0.39 is 11.2 Å². The second kappa shape index (κ2) is 8.00. The topological polar surface area (TPSA) is 112 Å². The first-order chi connectivity index (χ1) is 15.8. The normalized spacial score (nSPS) is 24.9. The van der Waals surface area contributed by atoms with Crippen molar-refractivity contribution in [1.82, 2.24) is 14.6 Å². The van der Waals surface area contributed by atoms with Crippen LogP contribution in [0.3, 0.4) is 0 Å². The molecule has 4 heterocycles. The molecule has 9 nitrogen and oxygen atoms in total. The van der Waals surface area contributed by atoms with Gasteiger partial charge in [0.1, 0.15) is 16.9 Å². The van der Waals surface area contributed by atoms with E-state index in [0.717, 1.165) is 30.6 Å². The standard InChI is InChI=1S/C24H29N5O4/c1-23(32)5-3-8-28(10-6-23)19-12-20-16(13-24(2,15-30)33-20)11-18(19)27-22(31)17-14-26-29-9-4-7-25-21(17)29/h4,7,9,11-12,14,30,32H,3,5-6,8,10,13,15H2,1-2H3,(H,27,31)/t23-,24+/m1/s1. The molecular weight excluding hydrogens is 422 g/mol. The third-order valence-corrected chi connectivity index (χ3v) is 6.61. The van der Waals surface area contributed by atoms with Gasteiger partial charge in [-0.15, -0.1) is 0 Å². The molecule has 0 bridgehead atoms. The quantitative estimate of drug-likeness (QED) is 0.558. The van der Waals surface area contributed by atoms with E-state index >= 15 is 0 Å². The van der Waals surface area contributed by atoms with Crippen LogP contribution in [0.1, 0.15) is 49.0 Å². The largest absolute Gasteiger partial charge is 0.484 e. The number of rotatable bonds is 4. The summed E-state index contributed by atoms with van der Waals surface area (Å²) in [4.78, 5) is 19.7. The van der Waals surface area contributed by atoms with Gasteiger partial charge >= 0.3 is 0 Å². The summed E-state index contributed by atoms with van der Waals surface area (Å²) >= 11 is 0. The molecule has 1 amide bonds. The first-order valence-electron chi connectivity index (χ1n) is 11.3. The maximum absolute atomic E-state index is 13.2. The Kier molecular flexibility index (Phi) is 5.25. The van der Waals surface area contributed by atoms with Crippen LogP contribution in [0, 0.1) is 0 Å². The summed E-state index contributed by atoms with van der Waals surface area (Å²) in [5, 5.41) is 27.6. The van der Waals surface area contributed by atoms with Crippen LogP contribution in [0.5, 0.6) is 5.75 Å². The molecule has 3 N–H and O–H groups in total. The summed E-state index contributed by atoms with van der Waals surface area (Å²) < 4.78 is 7.64. The van der Waals surface area contributed by atoms with E-state index in [9.17, 15) is 15.0 Å². The van der Waals surface area contributed by atoms with Gasteiger partial charge < -0.3 is 25.2 Å². The molecule has 174 valence electrons. The molecule has 9 heteroatoms. The maximum atomic E-state index is 13.2. The molecule has 2 aromatic heterocycles. The van der Waals surface area contributed by atoms with E-state index in [0.29, 0.717) is 42.0 Å². The molecule has 2 aliphatic heterocycles. The van der Waals surface area contributed by atoms with Gasteiger partial charge in [-0.3, -0.25) is 4.79 Å². The Hall–Kier alpha value is -3.17. The number of aromatic nitrogens is 3. The van der Waals surface area contributed by atoms with Crippen molar-refractivity contribution in [3.8, 4) is 5.75 Å². The Morgan fingerprint density at radius 3 is 2.94 bits per heavy atom. The molecule has 0 saturated carbocycles. The lowest BCUT2D eigenvalue weighted by atomic mass is 9.98. The fourth-order valence-electron chi connectivity index (χ4n) is 4.68. The highest BCUT2D eigenvalue weighted by Gasteiger charge is 2.36. The molecule has 5 rings (SSSR count). The molecule has 1 fully saturated rings. The zero-order valence-electron chi connectivity index (χ0n) is 18.9. The molecule has 0 aliphatic carbocycles. The molecule has 0 unspecified atom stereocenters. The van der Waals surface area contributed by atoms with Crippen LogP contribution < -0.4 is 15.0 Å². The Bertz CT molecular complexity index is 1210. The highest BCUT2D eigenvalue weighted by molar-refractivity contribution is 6.09. The Morgan fingerprint density at radius 2 is 2.12 bits per heavy atom. The van der Waals surface area contributed by atoms with Crippen molar-refractivity contribution in [2.45, 2.75) is 50.7 Å². The van der Waals surface area contributed by atoms with Crippen molar-refractivity contribution < 1.29 is 19.7 Å². The second-order valence-electron chi connectivity index (χ2n) is 9.60. The first kappa shape index (κ1) is 21.7. The zero-order valence-corrected chi connectivity index (χ0v) is 18.9. The predicted octanol–water partition coefficient (Wildman–Crippen LogP) is 2.41. The van der Waals surface area contributed by atoms with Gasteiger partial charge in [-0.05, 0) is 45.2 Å². The van der Waals surface area contributed by atoms with Gasteiger partial charge in [-0.25, -0.2) is 9.50 Å². The molecule has 1 saturated heterocycles. The van der Waals surface area contributed by atoms with Crippen LogP contribution in [0.4, 0.5) is 11.4 Å². The minimum Gasteiger partial charge on any atom is -0.484 e. The number of nitrogens with zero attached hydrogens (tertiary/aromatic N) is 4. The van der Waals surface area contributed by atoms with Crippen LogP contribution in [-0.4, -0.2) is 61.6 Å². The molecule has 2 atom stereocenters. The summed E-state index contributed by atoms with van der Waals surface area (Å²) in [7, 11) is 0. The zero-order chi connectivity index (χ0) is 23.2. The summed E-state index contributed by atoms with van der Waals surface area (Å²) in [6.07, 6.45) is 7.63. The maximum Gasteiger partial charge on any atom is 0.261 e. The lowest BCUT2D eigenvalue weighted by Gasteiger charge is -2.27. The number of aliphatic hydroxyl groups is 2. The third-order valence-electron chi connectivity index (χ3n) is 6.61. The highest BCUT2D eigenvalue weighted by atomic mass is 16.5. The van der Waals surface area contributed by atoms with Gasteiger partial charge in [0.25, 0.3) is 5.91 Å². The van der Waals surface area contributed by atoms with E-state index in [2.05, 4.69) is 20.3 Å². The minimum atomic E-state index is -0.705. The summed E-state index contributed by atoms with van der Waals surface area (Å²) in [6, 6.07) is 5.64. The fourth-order valence-corrected chi connectivity index (χ4v) is 4.68. The monoisotopic (exact) mass is 451 g/mol. The van der Waals surface area contributed by atoms with Crippen molar-refractivity contribution in [1.29, 1.82) is 0 Å². The average Bonchev–Trinajstić information content (AvgIpc) is 3.30. The molecule has 33 heavy (non-hydrogen) atoms. The van der Waals surface area contributed by atoms with Gasteiger partial charge in [-0.2, -0.15) is 5.10 Å². The number of nitrogens with one attached hydrogen (secondary N) is 1. The molecular formula is C24H29N5O4. The summed E-state index contributed by atoms with van der Waals surface area (Å²) in [5.74, 6) is 0.420. The third kappa shape index (κ3) is 4.14. The lowest BCUT2D eigenvalue weighted by Crippen LogP contribution is -2.34. The van der Waals surface area contributed by atoms with E-state index in [1.54, 1.807) is 23.0 Å². The number of carbonyl (C=O) groups excluding carboxylic acids is 1. The van der Waals surface area contributed by atoms with Gasteiger partial charge in [0.15, 0.2) is 5.65 Å². The smallest absolute Gasteiger partial charge is 0.261 e. The SMILES string of the molecule is C[C@@]1(O)CCCN(c2cc3c(cc2NC(=O)c2cnn4cccnc24)C[C@@](C)(CO)O3)CC1. The number of amides is 1. The summed E-state index contributed by atoms with van der Waals surface area (Å²) in [5.41, 5.74) is 1.93. The molecule has 1 aromatic carbocycles. The van der Waals surface area contributed by atoms with Crippen LogP contribution >= 0.6 is 0 Å². The molecule has 0 spiro atoms. The number of carbonyl (C=O) groups is 1. The van der Waals surface area contributed by atoms with Crippen LogP contribution in [-0.2, 0) is 6.42 Å². The van der Waals surface area contributed by atoms with E-state index in [-0.39, 0.29) is 12.5 Å². The van der Waals surface area contributed by atoms with Gasteiger partial charge in [-0.1, -0.05) is 0 Å². The van der Waals surface area contributed by atoms with Crippen LogP contribution in [0.2, 0.25) is 0 Å². The van der Waals surface area contributed by atoms with E-state index in [4.69, 9.17) is 4.74 Å². The van der Waals surface area contributed by atoms with Gasteiger partial charge in [0.05, 0.1) is 29.8 Å². The minimum absolute atomic E-state index is 0.0979.